The van der Waals surface area contributed by atoms with Gasteiger partial charge in [-0.3, -0.25) is 0 Å². The smallest absolute Gasteiger partial charge is 0.185 e. The van der Waals surface area contributed by atoms with Gasteiger partial charge in [-0.05, 0) is 65.4 Å². The molecule has 3 aromatic carbocycles. The minimum Gasteiger partial charge on any atom is -0.390 e. The number of aromatic nitrogens is 7. The molecular weight excluding hydrogens is 562 g/mol. The van der Waals surface area contributed by atoms with E-state index in [2.05, 4.69) is 76.4 Å². The highest BCUT2D eigenvalue weighted by molar-refractivity contribution is 5.86. The zero-order valence-corrected chi connectivity index (χ0v) is 26.3. The first-order valence-corrected chi connectivity index (χ1v) is 15.7. The monoisotopic (exact) mass is 601 g/mol. The van der Waals surface area contributed by atoms with E-state index in [0.717, 1.165) is 75.2 Å². The van der Waals surface area contributed by atoms with Crippen LogP contribution in [0.2, 0.25) is 0 Å². The average molecular weight is 602 g/mol. The predicted molar refractivity (Wildman–Crippen MR) is 176 cm³/mol. The van der Waals surface area contributed by atoms with Crippen molar-refractivity contribution in [3.05, 3.63) is 102 Å². The molecule has 0 saturated heterocycles. The Balaban J connectivity index is 1.37. The second-order valence-electron chi connectivity index (χ2n) is 11.2. The summed E-state index contributed by atoms with van der Waals surface area (Å²) in [4.78, 5) is 10.2. The van der Waals surface area contributed by atoms with Gasteiger partial charge in [0.25, 0.3) is 0 Å². The summed E-state index contributed by atoms with van der Waals surface area (Å²) in [5, 5.41) is 22.9. The van der Waals surface area contributed by atoms with Crippen LogP contribution in [0.1, 0.15) is 62.5 Å². The van der Waals surface area contributed by atoms with Crippen LogP contribution in [0.4, 0.5) is 0 Å². The molecule has 0 aliphatic rings. The second kappa shape index (κ2) is 13.5. The van der Waals surface area contributed by atoms with E-state index in [4.69, 9.17) is 14.7 Å². The largest absolute Gasteiger partial charge is 0.390 e. The summed E-state index contributed by atoms with van der Waals surface area (Å²) in [7, 11) is 0. The van der Waals surface area contributed by atoms with Crippen LogP contribution in [-0.2, 0) is 24.3 Å². The van der Waals surface area contributed by atoms with Crippen LogP contribution in [0.25, 0.3) is 44.8 Å². The molecule has 0 bridgehead atoms. The first kappa shape index (κ1) is 30.3. The van der Waals surface area contributed by atoms with Crippen molar-refractivity contribution in [1.82, 2.24) is 34.7 Å². The van der Waals surface area contributed by atoms with Crippen LogP contribution in [0, 0.1) is 6.92 Å². The van der Waals surface area contributed by atoms with Crippen molar-refractivity contribution < 1.29 is 9.84 Å². The van der Waals surface area contributed by atoms with Gasteiger partial charge in [-0.1, -0.05) is 92.2 Å². The highest BCUT2D eigenvalue weighted by atomic mass is 16.5. The fraction of sp³-hybridized carbons (Fsp3) is 0.306. The molecule has 230 valence electrons. The number of ether oxygens (including phenoxy) is 1. The minimum atomic E-state index is -0.283. The molecular formula is C36H39N7O2. The van der Waals surface area contributed by atoms with Crippen molar-refractivity contribution in [3.8, 4) is 33.6 Å². The van der Waals surface area contributed by atoms with E-state index in [-0.39, 0.29) is 12.8 Å². The molecule has 3 heterocycles. The molecule has 0 spiro atoms. The Morgan fingerprint density at radius 1 is 0.867 bits per heavy atom. The first-order valence-electron chi connectivity index (χ1n) is 15.7. The van der Waals surface area contributed by atoms with E-state index in [0.29, 0.717) is 24.7 Å². The van der Waals surface area contributed by atoms with Crippen LogP contribution in [-0.4, -0.2) is 46.5 Å². The van der Waals surface area contributed by atoms with Gasteiger partial charge in [0.2, 0.25) is 0 Å². The SMILES string of the molecule is CCCCc1nc2c(C)c(-c3ccccc3)c(CO)nc2n1Cc1ccc(-c2ccccc2-c2nnnn2C(C)OCC)cc1. The topological polar surface area (TPSA) is 104 Å². The summed E-state index contributed by atoms with van der Waals surface area (Å²) in [6.07, 6.45) is 2.70. The number of rotatable bonds is 12. The molecule has 3 aromatic heterocycles. The number of imidazole rings is 1. The van der Waals surface area contributed by atoms with Gasteiger partial charge in [-0.2, -0.15) is 4.68 Å². The molecule has 0 amide bonds. The number of hydrogen-bond donors (Lipinski definition) is 1. The fourth-order valence-corrected chi connectivity index (χ4v) is 6.00. The summed E-state index contributed by atoms with van der Waals surface area (Å²) in [6, 6.07) is 26.9. The number of unbranched alkanes of at least 4 members (excludes halogenated alkanes) is 1. The van der Waals surface area contributed by atoms with E-state index in [1.807, 2.05) is 50.2 Å². The number of aliphatic hydroxyl groups excluding tert-OH is 1. The van der Waals surface area contributed by atoms with Crippen LogP contribution >= 0.6 is 0 Å². The third kappa shape index (κ3) is 6.01. The van der Waals surface area contributed by atoms with Crippen LogP contribution in [0.3, 0.4) is 0 Å². The third-order valence-corrected chi connectivity index (χ3v) is 8.26. The molecule has 6 rings (SSSR count). The average Bonchev–Trinajstić information content (AvgIpc) is 3.70. The molecule has 0 aliphatic heterocycles. The van der Waals surface area contributed by atoms with Crippen molar-refractivity contribution in [1.29, 1.82) is 0 Å². The van der Waals surface area contributed by atoms with Gasteiger partial charge in [0.15, 0.2) is 17.7 Å². The maximum Gasteiger partial charge on any atom is 0.185 e. The van der Waals surface area contributed by atoms with Gasteiger partial charge in [0.05, 0.1) is 18.8 Å². The summed E-state index contributed by atoms with van der Waals surface area (Å²) in [6.45, 7) is 9.24. The molecule has 0 aliphatic carbocycles. The summed E-state index contributed by atoms with van der Waals surface area (Å²) >= 11 is 0. The summed E-state index contributed by atoms with van der Waals surface area (Å²) in [5.41, 5.74) is 9.60. The standard InChI is InChI=1S/C36H39N7O2/c1-5-7-17-32-38-34-24(3)33(28-13-9-8-10-14-28)31(23-44)37-36(34)42(32)22-26-18-20-27(21-19-26)29-15-11-12-16-30(29)35-39-40-41-43(35)25(4)45-6-2/h8-16,18-21,25,44H,5-7,17,22-23H2,1-4H3. The van der Waals surface area contributed by atoms with Crippen LogP contribution < -0.4 is 0 Å². The quantitative estimate of drug-likeness (QED) is 0.159. The van der Waals surface area contributed by atoms with E-state index < -0.39 is 0 Å². The lowest BCUT2D eigenvalue weighted by Gasteiger charge is -2.15. The summed E-state index contributed by atoms with van der Waals surface area (Å²) in [5.74, 6) is 1.68. The van der Waals surface area contributed by atoms with Gasteiger partial charge in [0, 0.05) is 24.2 Å². The van der Waals surface area contributed by atoms with Gasteiger partial charge >= 0.3 is 0 Å². The number of tetrazole rings is 1. The number of hydrogen-bond acceptors (Lipinski definition) is 7. The number of aryl methyl sites for hydroxylation is 2. The molecule has 0 fully saturated rings. The van der Waals surface area contributed by atoms with E-state index in [9.17, 15) is 5.11 Å². The van der Waals surface area contributed by atoms with Crippen molar-refractivity contribution in [2.75, 3.05) is 6.61 Å². The van der Waals surface area contributed by atoms with Crippen molar-refractivity contribution >= 4 is 11.2 Å². The molecule has 45 heavy (non-hydrogen) atoms. The van der Waals surface area contributed by atoms with Crippen molar-refractivity contribution in [3.63, 3.8) is 0 Å². The van der Waals surface area contributed by atoms with E-state index >= 15 is 0 Å². The zero-order valence-electron chi connectivity index (χ0n) is 26.3. The lowest BCUT2D eigenvalue weighted by molar-refractivity contribution is 0.0159. The Labute approximate surface area is 263 Å². The van der Waals surface area contributed by atoms with Gasteiger partial charge in [-0.15, -0.1) is 5.10 Å². The van der Waals surface area contributed by atoms with Gasteiger partial charge < -0.3 is 14.4 Å². The maximum atomic E-state index is 10.4. The van der Waals surface area contributed by atoms with Gasteiger partial charge in [0.1, 0.15) is 11.3 Å². The summed E-state index contributed by atoms with van der Waals surface area (Å²) < 4.78 is 9.71. The molecule has 1 N–H and O–H groups in total. The normalized spacial score (nSPS) is 12.2. The Morgan fingerprint density at radius 2 is 1.60 bits per heavy atom. The number of aliphatic hydroxyl groups is 1. The maximum absolute atomic E-state index is 10.4. The molecule has 6 aromatic rings. The first-order chi connectivity index (χ1) is 22.0. The molecule has 0 radical (unpaired) electrons. The number of nitrogens with zero attached hydrogens (tertiary/aromatic N) is 7. The van der Waals surface area contributed by atoms with Crippen LogP contribution in [0.5, 0.6) is 0 Å². The molecule has 9 heteroatoms. The Hall–Kier alpha value is -4.73. The number of fused-ring (bicyclic) bond motifs is 1. The van der Waals surface area contributed by atoms with E-state index in [1.165, 1.54) is 0 Å². The second-order valence-corrected chi connectivity index (χ2v) is 11.2. The highest BCUT2D eigenvalue weighted by Gasteiger charge is 2.21. The minimum absolute atomic E-state index is 0.142. The molecule has 1 atom stereocenters. The highest BCUT2D eigenvalue weighted by Crippen LogP contribution is 2.34. The lowest BCUT2D eigenvalue weighted by atomic mass is 9.98. The third-order valence-electron chi connectivity index (χ3n) is 8.26. The zero-order chi connectivity index (χ0) is 31.3. The fourth-order valence-electron chi connectivity index (χ4n) is 6.00. The van der Waals surface area contributed by atoms with E-state index in [1.54, 1.807) is 4.68 Å². The lowest BCUT2D eigenvalue weighted by Crippen LogP contribution is -2.12. The molecule has 1 unspecified atom stereocenters. The Morgan fingerprint density at radius 3 is 2.31 bits per heavy atom. The Bertz CT molecular complexity index is 1900. The van der Waals surface area contributed by atoms with Gasteiger partial charge in [-0.25, -0.2) is 9.97 Å². The Kier molecular flexibility index (Phi) is 9.09. The van der Waals surface area contributed by atoms with Crippen LogP contribution in [0.15, 0.2) is 78.9 Å². The predicted octanol–water partition coefficient (Wildman–Crippen LogP) is 7.17. The number of benzene rings is 3. The number of pyridine rings is 1. The molecule has 9 nitrogen and oxygen atoms in total. The van der Waals surface area contributed by atoms with Crippen molar-refractivity contribution in [2.24, 2.45) is 0 Å². The van der Waals surface area contributed by atoms with Crippen molar-refractivity contribution in [2.45, 2.75) is 66.3 Å². The molecule has 0 saturated carbocycles.